The number of hydrogen-bond donors (Lipinski definition) is 2. The van der Waals surface area contributed by atoms with Gasteiger partial charge in [0.1, 0.15) is 22.3 Å². The first-order chi connectivity index (χ1) is 12.8. The van der Waals surface area contributed by atoms with Gasteiger partial charge >= 0.3 is 0 Å². The lowest BCUT2D eigenvalue weighted by atomic mass is 10.1. The zero-order valence-electron chi connectivity index (χ0n) is 15.5. The molecular formula is C18H23FN4O3S. The largest absolute Gasteiger partial charge is 0.507 e. The number of aromatic hydroxyl groups is 1. The van der Waals surface area contributed by atoms with Crippen LogP contribution in [0.3, 0.4) is 0 Å². The molecule has 0 atom stereocenters. The topological polar surface area (TPSA) is 94.9 Å². The Hall–Kier alpha value is -2.52. The molecule has 2 rings (SSSR count). The van der Waals surface area contributed by atoms with Gasteiger partial charge < -0.3 is 5.11 Å². The standard InChI is InChI=1S/C18H23FN4O3S/c1-4-16(15-11-13(19)7-9-17(15)24)21-22-18-10-8-14(12-20-18)27(25,26)23(5-2)6-3/h7-12,24H,4-6H2,1-3H3,(H,20,22)/b21-16+. The van der Waals surface area contributed by atoms with Gasteiger partial charge in [-0.3, -0.25) is 5.43 Å². The molecule has 27 heavy (non-hydrogen) atoms. The van der Waals surface area contributed by atoms with Crippen LogP contribution < -0.4 is 5.43 Å². The average Bonchev–Trinajstić information content (AvgIpc) is 2.66. The molecule has 0 fully saturated rings. The number of halogens is 1. The van der Waals surface area contributed by atoms with Crippen molar-refractivity contribution in [2.24, 2.45) is 5.10 Å². The van der Waals surface area contributed by atoms with E-state index in [1.54, 1.807) is 13.8 Å². The lowest BCUT2D eigenvalue weighted by Gasteiger charge is -2.18. The quantitative estimate of drug-likeness (QED) is 0.530. The third-order valence-corrected chi connectivity index (χ3v) is 6.02. The number of hydrogen-bond acceptors (Lipinski definition) is 6. The van der Waals surface area contributed by atoms with Crippen molar-refractivity contribution in [1.82, 2.24) is 9.29 Å². The first-order valence-corrected chi connectivity index (χ1v) is 10.0. The van der Waals surface area contributed by atoms with Crippen LogP contribution in [0, 0.1) is 5.82 Å². The van der Waals surface area contributed by atoms with Gasteiger partial charge in [0.2, 0.25) is 10.0 Å². The van der Waals surface area contributed by atoms with Crippen LogP contribution in [0.2, 0.25) is 0 Å². The minimum atomic E-state index is -3.57. The van der Waals surface area contributed by atoms with E-state index in [-0.39, 0.29) is 16.2 Å². The van der Waals surface area contributed by atoms with E-state index in [2.05, 4.69) is 15.5 Å². The van der Waals surface area contributed by atoms with Gasteiger partial charge in [0.05, 0.1) is 5.71 Å². The monoisotopic (exact) mass is 394 g/mol. The Balaban J connectivity index is 2.23. The summed E-state index contributed by atoms with van der Waals surface area (Å²) >= 11 is 0. The molecule has 2 N–H and O–H groups in total. The number of phenols is 1. The molecule has 1 aromatic heterocycles. The lowest BCUT2D eigenvalue weighted by Crippen LogP contribution is -2.30. The smallest absolute Gasteiger partial charge is 0.244 e. The molecule has 2 aromatic rings. The Morgan fingerprint density at radius 2 is 1.93 bits per heavy atom. The fourth-order valence-corrected chi connectivity index (χ4v) is 3.91. The average molecular weight is 394 g/mol. The number of hydrazone groups is 1. The first kappa shape index (κ1) is 20.8. The predicted molar refractivity (Wildman–Crippen MR) is 103 cm³/mol. The number of aromatic nitrogens is 1. The van der Waals surface area contributed by atoms with E-state index in [0.717, 1.165) is 6.07 Å². The van der Waals surface area contributed by atoms with Crippen molar-refractivity contribution in [3.8, 4) is 5.75 Å². The van der Waals surface area contributed by atoms with Crippen LogP contribution in [-0.4, -0.2) is 41.6 Å². The van der Waals surface area contributed by atoms with Gasteiger partial charge in [-0.25, -0.2) is 17.8 Å². The summed E-state index contributed by atoms with van der Waals surface area (Å²) in [4.78, 5) is 4.17. The molecule has 9 heteroatoms. The van der Waals surface area contributed by atoms with E-state index in [1.165, 1.54) is 34.8 Å². The summed E-state index contributed by atoms with van der Waals surface area (Å²) in [6, 6.07) is 6.58. The van der Waals surface area contributed by atoms with Crippen molar-refractivity contribution >= 4 is 21.6 Å². The number of nitrogens with one attached hydrogen (secondary N) is 1. The maximum atomic E-state index is 13.4. The van der Waals surface area contributed by atoms with E-state index < -0.39 is 15.8 Å². The first-order valence-electron chi connectivity index (χ1n) is 8.61. The summed E-state index contributed by atoms with van der Waals surface area (Å²) in [5.41, 5.74) is 3.43. The Kier molecular flexibility index (Phi) is 6.86. The van der Waals surface area contributed by atoms with Crippen LogP contribution in [0.15, 0.2) is 46.5 Å². The summed E-state index contributed by atoms with van der Waals surface area (Å²) < 4.78 is 39.7. The van der Waals surface area contributed by atoms with Gasteiger partial charge in [-0.2, -0.15) is 9.41 Å². The highest BCUT2D eigenvalue weighted by Crippen LogP contribution is 2.21. The molecule has 0 aliphatic rings. The number of rotatable bonds is 8. The number of benzene rings is 1. The van der Waals surface area contributed by atoms with Crippen molar-refractivity contribution in [2.45, 2.75) is 32.1 Å². The second-order valence-corrected chi connectivity index (χ2v) is 7.59. The van der Waals surface area contributed by atoms with Crippen LogP contribution in [0.25, 0.3) is 0 Å². The van der Waals surface area contributed by atoms with E-state index in [9.17, 15) is 17.9 Å². The van der Waals surface area contributed by atoms with Gasteiger partial charge in [-0.1, -0.05) is 20.8 Å². The van der Waals surface area contributed by atoms with E-state index >= 15 is 0 Å². The molecule has 7 nitrogen and oxygen atoms in total. The molecule has 0 spiro atoms. The molecule has 0 bridgehead atoms. The number of anilines is 1. The molecule has 0 saturated heterocycles. The summed E-state index contributed by atoms with van der Waals surface area (Å²) in [5.74, 6) is -0.226. The summed E-state index contributed by atoms with van der Waals surface area (Å²) in [7, 11) is -3.57. The maximum absolute atomic E-state index is 13.4. The molecule has 0 unspecified atom stereocenters. The van der Waals surface area contributed by atoms with Crippen LogP contribution in [0.1, 0.15) is 32.8 Å². The summed E-state index contributed by atoms with van der Waals surface area (Å²) in [6.45, 7) is 6.11. The summed E-state index contributed by atoms with van der Waals surface area (Å²) in [6.07, 6.45) is 1.70. The molecule has 1 heterocycles. The highest BCUT2D eigenvalue weighted by molar-refractivity contribution is 7.89. The van der Waals surface area contributed by atoms with E-state index in [1.807, 2.05) is 6.92 Å². The SMILES string of the molecule is CC/C(=N\Nc1ccc(S(=O)(=O)N(CC)CC)cn1)c1cc(F)ccc1O. The van der Waals surface area contributed by atoms with Gasteiger partial charge in [0.15, 0.2) is 0 Å². The molecule has 0 radical (unpaired) electrons. The van der Waals surface area contributed by atoms with Gasteiger partial charge in [-0.05, 0) is 36.8 Å². The maximum Gasteiger partial charge on any atom is 0.244 e. The Bertz CT molecular complexity index is 911. The molecule has 1 aromatic carbocycles. The molecule has 0 amide bonds. The number of nitrogens with zero attached hydrogens (tertiary/aromatic N) is 3. The number of phenolic OH excluding ortho intramolecular Hbond substituents is 1. The van der Waals surface area contributed by atoms with Gasteiger partial charge in [0.25, 0.3) is 0 Å². The number of sulfonamides is 1. The zero-order valence-corrected chi connectivity index (χ0v) is 16.3. The van der Waals surface area contributed by atoms with Crippen LogP contribution in [-0.2, 0) is 10.0 Å². The van der Waals surface area contributed by atoms with Gasteiger partial charge in [0, 0.05) is 24.8 Å². The second-order valence-electron chi connectivity index (χ2n) is 5.65. The predicted octanol–water partition coefficient (Wildman–Crippen LogP) is 3.18. The lowest BCUT2D eigenvalue weighted by molar-refractivity contribution is 0.445. The second kappa shape index (κ2) is 8.92. The molecule has 0 aliphatic heterocycles. The molecule has 0 aliphatic carbocycles. The van der Waals surface area contributed by atoms with Crippen molar-refractivity contribution in [3.05, 3.63) is 47.9 Å². The Morgan fingerprint density at radius 3 is 2.48 bits per heavy atom. The Morgan fingerprint density at radius 1 is 1.22 bits per heavy atom. The third-order valence-electron chi connectivity index (χ3n) is 3.99. The molecule has 0 saturated carbocycles. The molecular weight excluding hydrogens is 371 g/mol. The van der Waals surface area contributed by atoms with Crippen LogP contribution in [0.5, 0.6) is 5.75 Å². The van der Waals surface area contributed by atoms with Crippen molar-refractivity contribution in [3.63, 3.8) is 0 Å². The van der Waals surface area contributed by atoms with Crippen LogP contribution >= 0.6 is 0 Å². The van der Waals surface area contributed by atoms with Crippen LogP contribution in [0.4, 0.5) is 10.2 Å². The third kappa shape index (κ3) is 4.81. The van der Waals surface area contributed by atoms with Crippen molar-refractivity contribution < 1.29 is 17.9 Å². The highest BCUT2D eigenvalue weighted by atomic mass is 32.2. The van der Waals surface area contributed by atoms with E-state index in [4.69, 9.17) is 0 Å². The Labute approximate surface area is 158 Å². The minimum Gasteiger partial charge on any atom is -0.507 e. The van der Waals surface area contributed by atoms with Crippen molar-refractivity contribution in [2.75, 3.05) is 18.5 Å². The fourth-order valence-electron chi connectivity index (χ4n) is 2.51. The highest BCUT2D eigenvalue weighted by Gasteiger charge is 2.21. The summed E-state index contributed by atoms with van der Waals surface area (Å²) in [5, 5.41) is 14.1. The van der Waals surface area contributed by atoms with Gasteiger partial charge in [-0.15, -0.1) is 0 Å². The van der Waals surface area contributed by atoms with E-state index in [0.29, 0.717) is 31.0 Å². The zero-order chi connectivity index (χ0) is 20.0. The fraction of sp³-hybridized carbons (Fsp3) is 0.333. The molecule has 146 valence electrons. The normalized spacial score (nSPS) is 12.4. The number of pyridine rings is 1. The minimum absolute atomic E-state index is 0.0765. The van der Waals surface area contributed by atoms with Crippen molar-refractivity contribution in [1.29, 1.82) is 0 Å².